The molecule has 0 saturated carbocycles. The zero-order valence-electron chi connectivity index (χ0n) is 16.6. The summed E-state index contributed by atoms with van der Waals surface area (Å²) < 4.78 is 10.8. The van der Waals surface area contributed by atoms with Gasteiger partial charge in [-0.05, 0) is 72.1 Å². The van der Waals surface area contributed by atoms with Gasteiger partial charge in [-0.25, -0.2) is 0 Å². The molecule has 2 aromatic heterocycles. The van der Waals surface area contributed by atoms with Crippen molar-refractivity contribution in [1.82, 2.24) is 4.90 Å². The number of carbonyl (C=O) groups is 1. The maximum absolute atomic E-state index is 13.0. The highest BCUT2D eigenvalue weighted by Gasteiger charge is 2.34. The maximum atomic E-state index is 13.0. The summed E-state index contributed by atoms with van der Waals surface area (Å²) in [6, 6.07) is 12.4. The highest BCUT2D eigenvalue weighted by atomic mass is 32.2. The Morgan fingerprint density at radius 3 is 2.90 bits per heavy atom. The van der Waals surface area contributed by atoms with E-state index in [1.165, 1.54) is 11.8 Å². The van der Waals surface area contributed by atoms with Gasteiger partial charge in [-0.1, -0.05) is 6.07 Å². The Kier molecular flexibility index (Phi) is 6.54. The van der Waals surface area contributed by atoms with Crippen LogP contribution in [-0.2, 0) is 11.3 Å². The number of hydrogen-bond acceptors (Lipinski definition) is 8. The molecule has 1 aromatic carbocycles. The summed E-state index contributed by atoms with van der Waals surface area (Å²) in [5, 5.41) is 20.7. The van der Waals surface area contributed by atoms with Gasteiger partial charge < -0.3 is 14.3 Å². The number of nitrogens with zero attached hydrogens (tertiary/aromatic N) is 3. The number of amidine groups is 1. The van der Waals surface area contributed by atoms with Crippen molar-refractivity contribution in [3.05, 3.63) is 75.2 Å². The number of thiophene rings is 1. The number of thioether (sulfide) groups is 1. The molecule has 1 aliphatic rings. The number of benzene rings is 1. The Morgan fingerprint density at radius 2 is 2.16 bits per heavy atom. The van der Waals surface area contributed by atoms with Crippen LogP contribution in [0.4, 0.5) is 0 Å². The zero-order chi connectivity index (χ0) is 21.6. The van der Waals surface area contributed by atoms with Crippen LogP contribution >= 0.6 is 23.1 Å². The fraction of sp³-hybridized carbons (Fsp3) is 0.136. The summed E-state index contributed by atoms with van der Waals surface area (Å²) >= 11 is 2.83. The van der Waals surface area contributed by atoms with Crippen LogP contribution in [0.5, 0.6) is 11.5 Å². The highest BCUT2D eigenvalue weighted by molar-refractivity contribution is 8.18. The molecule has 0 atom stereocenters. The molecule has 31 heavy (non-hydrogen) atoms. The number of carbonyl (C=O) groups excluding carboxylic acids is 1. The quantitative estimate of drug-likeness (QED) is 0.311. The van der Waals surface area contributed by atoms with Crippen molar-refractivity contribution in [1.29, 1.82) is 0 Å². The number of furan rings is 1. The van der Waals surface area contributed by atoms with Crippen molar-refractivity contribution in [2.45, 2.75) is 13.5 Å². The fourth-order valence-electron chi connectivity index (χ4n) is 2.81. The smallest absolute Gasteiger partial charge is 0.267 e. The zero-order valence-corrected chi connectivity index (χ0v) is 18.2. The normalized spacial score (nSPS) is 16.8. The van der Waals surface area contributed by atoms with E-state index in [2.05, 4.69) is 10.2 Å². The van der Waals surface area contributed by atoms with Crippen LogP contribution in [0, 0.1) is 0 Å². The molecule has 0 radical (unpaired) electrons. The Balaban J connectivity index is 1.59. The highest BCUT2D eigenvalue weighted by Crippen LogP contribution is 2.34. The number of phenolic OH excluding ortho intramolecular Hbond substituents is 1. The maximum Gasteiger partial charge on any atom is 0.267 e. The Bertz CT molecular complexity index is 1140. The van der Waals surface area contributed by atoms with Crippen molar-refractivity contribution >= 4 is 46.5 Å². The molecule has 7 nitrogen and oxygen atoms in total. The van der Waals surface area contributed by atoms with Gasteiger partial charge in [0.2, 0.25) is 0 Å². The molecule has 4 rings (SSSR count). The largest absolute Gasteiger partial charge is 0.504 e. The third-order valence-electron chi connectivity index (χ3n) is 4.23. The molecular formula is C22H19N3O4S2. The van der Waals surface area contributed by atoms with E-state index in [9.17, 15) is 9.90 Å². The van der Waals surface area contributed by atoms with E-state index in [1.807, 2.05) is 36.6 Å². The van der Waals surface area contributed by atoms with E-state index in [-0.39, 0.29) is 18.2 Å². The summed E-state index contributed by atoms with van der Waals surface area (Å²) in [6.45, 7) is 2.55. The third kappa shape index (κ3) is 5.07. The number of aromatic hydroxyl groups is 1. The summed E-state index contributed by atoms with van der Waals surface area (Å²) in [5.74, 6) is 0.954. The number of hydrogen-bond donors (Lipinski definition) is 1. The summed E-state index contributed by atoms with van der Waals surface area (Å²) in [4.78, 5) is 16.1. The molecule has 1 fully saturated rings. The monoisotopic (exact) mass is 453 g/mol. The number of phenols is 1. The van der Waals surface area contributed by atoms with Crippen LogP contribution in [0.1, 0.15) is 23.1 Å². The molecule has 3 aromatic rings. The van der Waals surface area contributed by atoms with Gasteiger partial charge >= 0.3 is 0 Å². The minimum absolute atomic E-state index is 0.0650. The summed E-state index contributed by atoms with van der Waals surface area (Å²) in [5.41, 5.74) is 0.715. The lowest BCUT2D eigenvalue weighted by Crippen LogP contribution is -2.28. The Morgan fingerprint density at radius 1 is 1.26 bits per heavy atom. The molecule has 0 spiro atoms. The van der Waals surface area contributed by atoms with E-state index < -0.39 is 0 Å². The van der Waals surface area contributed by atoms with Crippen LogP contribution in [0.25, 0.3) is 6.08 Å². The van der Waals surface area contributed by atoms with Gasteiger partial charge in [0.1, 0.15) is 5.76 Å². The van der Waals surface area contributed by atoms with E-state index in [0.29, 0.717) is 33.8 Å². The molecule has 1 amide bonds. The van der Waals surface area contributed by atoms with Crippen LogP contribution in [0.15, 0.2) is 73.6 Å². The van der Waals surface area contributed by atoms with Crippen LogP contribution in [-0.4, -0.2) is 33.9 Å². The summed E-state index contributed by atoms with van der Waals surface area (Å²) in [7, 11) is 0. The first-order chi connectivity index (χ1) is 15.1. The number of amides is 1. The van der Waals surface area contributed by atoms with Gasteiger partial charge in [-0.2, -0.15) is 5.10 Å². The van der Waals surface area contributed by atoms with Gasteiger partial charge in [-0.15, -0.1) is 16.4 Å². The topological polar surface area (TPSA) is 87.6 Å². The lowest BCUT2D eigenvalue weighted by atomic mass is 10.2. The lowest BCUT2D eigenvalue weighted by Gasteiger charge is -2.12. The minimum atomic E-state index is -0.146. The SMILES string of the molecule is CCOc1cc(/C=N\N=C2\S/C(=C\c3cccs3)C(=O)N2Cc2ccco2)ccc1O. The van der Waals surface area contributed by atoms with Crippen molar-refractivity contribution < 1.29 is 19.1 Å². The van der Waals surface area contributed by atoms with Crippen molar-refractivity contribution in [3.63, 3.8) is 0 Å². The molecule has 0 unspecified atom stereocenters. The second kappa shape index (κ2) is 9.67. The molecule has 1 saturated heterocycles. The number of rotatable bonds is 7. The van der Waals surface area contributed by atoms with Gasteiger partial charge in [0.05, 0.1) is 30.5 Å². The van der Waals surface area contributed by atoms with Gasteiger partial charge in [0.25, 0.3) is 5.91 Å². The summed E-state index contributed by atoms with van der Waals surface area (Å²) in [6.07, 6.45) is 4.97. The van der Waals surface area contributed by atoms with E-state index in [1.54, 1.807) is 53.0 Å². The van der Waals surface area contributed by atoms with Gasteiger partial charge in [-0.3, -0.25) is 9.69 Å². The number of ether oxygens (including phenoxy) is 1. The molecule has 0 bridgehead atoms. The Hall–Kier alpha value is -3.30. The molecule has 1 aliphatic heterocycles. The minimum Gasteiger partial charge on any atom is -0.504 e. The predicted molar refractivity (Wildman–Crippen MR) is 123 cm³/mol. The van der Waals surface area contributed by atoms with Gasteiger partial charge in [0, 0.05) is 4.88 Å². The lowest BCUT2D eigenvalue weighted by molar-refractivity contribution is -0.122. The van der Waals surface area contributed by atoms with Crippen LogP contribution < -0.4 is 4.74 Å². The predicted octanol–water partition coefficient (Wildman–Crippen LogP) is 4.95. The first-order valence-electron chi connectivity index (χ1n) is 9.48. The average molecular weight is 454 g/mol. The van der Waals surface area contributed by atoms with Crippen molar-refractivity contribution in [2.24, 2.45) is 10.2 Å². The molecule has 9 heteroatoms. The first kappa shape index (κ1) is 21.0. The van der Waals surface area contributed by atoms with Crippen molar-refractivity contribution in [2.75, 3.05) is 6.61 Å². The molecule has 3 heterocycles. The molecule has 1 N–H and O–H groups in total. The third-order valence-corrected chi connectivity index (χ3v) is 6.05. The van der Waals surface area contributed by atoms with E-state index >= 15 is 0 Å². The fourth-order valence-corrected chi connectivity index (χ4v) is 4.47. The standard InChI is InChI=1S/C22H19N3O4S2/c1-2-28-19-11-15(7-8-18(19)26)13-23-24-22-25(14-16-5-3-9-29-16)21(27)20(31-22)12-17-6-4-10-30-17/h3-13,26H,2,14H2,1H3/b20-12-,23-13-,24-22+. The second-order valence-corrected chi connectivity index (χ2v) is 8.37. The van der Waals surface area contributed by atoms with E-state index in [0.717, 1.165) is 4.88 Å². The second-order valence-electron chi connectivity index (χ2n) is 6.38. The molecule has 0 aliphatic carbocycles. The Labute approximate surface area is 187 Å². The average Bonchev–Trinajstić information content (AvgIpc) is 3.51. The van der Waals surface area contributed by atoms with Crippen molar-refractivity contribution in [3.8, 4) is 11.5 Å². The molecule has 158 valence electrons. The van der Waals surface area contributed by atoms with Gasteiger partial charge in [0.15, 0.2) is 16.7 Å². The van der Waals surface area contributed by atoms with E-state index in [4.69, 9.17) is 9.15 Å². The first-order valence-corrected chi connectivity index (χ1v) is 11.2. The molecular weight excluding hydrogens is 434 g/mol. The van der Waals surface area contributed by atoms with Crippen LogP contribution in [0.2, 0.25) is 0 Å². The van der Waals surface area contributed by atoms with Crippen LogP contribution in [0.3, 0.4) is 0 Å².